The molecule has 5 nitrogen and oxygen atoms in total. The van der Waals surface area contributed by atoms with Gasteiger partial charge in [0.05, 0.1) is 0 Å². The lowest BCUT2D eigenvalue weighted by Gasteiger charge is -2.08. The fourth-order valence-electron chi connectivity index (χ4n) is 1.77. The number of rotatable bonds is 5. The molecule has 6 heteroatoms. The number of nitrogens with one attached hydrogen (secondary N) is 1. The van der Waals surface area contributed by atoms with Gasteiger partial charge in [-0.3, -0.25) is 4.79 Å². The minimum Gasteiger partial charge on any atom is -0.478 e. The first kappa shape index (κ1) is 14.5. The van der Waals surface area contributed by atoms with Crippen molar-refractivity contribution < 1.29 is 19.1 Å². The number of benzene rings is 1. The van der Waals surface area contributed by atoms with Crippen LogP contribution in [0.25, 0.3) is 6.08 Å². The highest BCUT2D eigenvalue weighted by Gasteiger charge is 2.06. The maximum absolute atomic E-state index is 12.8. The monoisotopic (exact) mass is 288 g/mol. The maximum atomic E-state index is 12.8. The van der Waals surface area contributed by atoms with E-state index in [-0.39, 0.29) is 18.3 Å². The summed E-state index contributed by atoms with van der Waals surface area (Å²) < 4.78 is 14.4. The summed E-state index contributed by atoms with van der Waals surface area (Å²) in [6, 6.07) is 8.86. The van der Waals surface area contributed by atoms with Gasteiger partial charge < -0.3 is 15.0 Å². The lowest BCUT2D eigenvalue weighted by molar-refractivity contribution is -0.131. The molecule has 108 valence electrons. The van der Waals surface area contributed by atoms with E-state index in [1.165, 1.54) is 30.3 Å². The van der Waals surface area contributed by atoms with Crippen molar-refractivity contribution in [3.8, 4) is 0 Å². The molecule has 0 bridgehead atoms. The van der Waals surface area contributed by atoms with Gasteiger partial charge in [0.25, 0.3) is 0 Å². The number of hydrogen-bond acceptors (Lipinski definition) is 2. The highest BCUT2D eigenvalue weighted by atomic mass is 19.1. The summed E-state index contributed by atoms with van der Waals surface area (Å²) in [5.41, 5.74) is 1.10. The van der Waals surface area contributed by atoms with Crippen LogP contribution in [0, 0.1) is 5.82 Å². The van der Waals surface area contributed by atoms with Crippen LogP contribution in [0.15, 0.2) is 48.7 Å². The van der Waals surface area contributed by atoms with Crippen LogP contribution >= 0.6 is 0 Å². The molecule has 0 fully saturated rings. The fraction of sp³-hybridized carbons (Fsp3) is 0.0667. The summed E-state index contributed by atoms with van der Waals surface area (Å²) in [4.78, 5) is 22.4. The van der Waals surface area contributed by atoms with E-state index in [1.807, 2.05) is 0 Å². The zero-order chi connectivity index (χ0) is 15.2. The molecule has 0 spiro atoms. The number of halogens is 1. The van der Waals surface area contributed by atoms with E-state index in [0.29, 0.717) is 11.4 Å². The molecule has 1 amide bonds. The van der Waals surface area contributed by atoms with Crippen LogP contribution in [0.2, 0.25) is 0 Å². The maximum Gasteiger partial charge on any atom is 0.328 e. The predicted molar refractivity (Wildman–Crippen MR) is 76.1 cm³/mol. The summed E-state index contributed by atoms with van der Waals surface area (Å²) in [5, 5.41) is 11.2. The van der Waals surface area contributed by atoms with Crippen molar-refractivity contribution >= 4 is 23.6 Å². The SMILES string of the molecule is O=C(O)/C=C/c1cccn1CC(=O)Nc1ccc(F)cc1. The number of hydrogen-bond donors (Lipinski definition) is 2. The van der Waals surface area contributed by atoms with Gasteiger partial charge in [0, 0.05) is 23.7 Å². The summed E-state index contributed by atoms with van der Waals surface area (Å²) in [5.74, 6) is -1.72. The van der Waals surface area contributed by atoms with E-state index >= 15 is 0 Å². The second-order valence-electron chi connectivity index (χ2n) is 4.29. The molecular formula is C15H13FN2O3. The van der Waals surface area contributed by atoms with Crippen molar-refractivity contribution in [1.82, 2.24) is 4.57 Å². The Bertz CT molecular complexity index is 674. The minimum absolute atomic E-state index is 0.0314. The summed E-state index contributed by atoms with van der Waals surface area (Å²) >= 11 is 0. The number of carboxylic acid groups (broad SMARTS) is 1. The van der Waals surface area contributed by atoms with Crippen molar-refractivity contribution in [2.75, 3.05) is 5.32 Å². The topological polar surface area (TPSA) is 71.3 Å². The minimum atomic E-state index is -1.06. The fourth-order valence-corrected chi connectivity index (χ4v) is 1.77. The average Bonchev–Trinajstić information content (AvgIpc) is 2.86. The third-order valence-electron chi connectivity index (χ3n) is 2.70. The first-order chi connectivity index (χ1) is 10.0. The van der Waals surface area contributed by atoms with Gasteiger partial charge in [-0.2, -0.15) is 0 Å². The standard InChI is InChI=1S/C15H13FN2O3/c16-11-3-5-12(6-4-11)17-14(19)10-18-9-1-2-13(18)7-8-15(20)21/h1-9H,10H2,(H,17,19)(H,20,21)/b8-7+. The number of aromatic nitrogens is 1. The van der Waals surface area contributed by atoms with Crippen LogP contribution in [-0.2, 0) is 16.1 Å². The molecule has 2 aromatic rings. The third kappa shape index (κ3) is 4.31. The molecule has 0 saturated carbocycles. The molecule has 1 heterocycles. The molecule has 0 atom stereocenters. The van der Waals surface area contributed by atoms with E-state index in [9.17, 15) is 14.0 Å². The first-order valence-corrected chi connectivity index (χ1v) is 6.16. The van der Waals surface area contributed by atoms with Crippen LogP contribution in [0.1, 0.15) is 5.69 Å². The van der Waals surface area contributed by atoms with Crippen molar-refractivity contribution in [3.63, 3.8) is 0 Å². The van der Waals surface area contributed by atoms with Gasteiger partial charge >= 0.3 is 5.97 Å². The lowest BCUT2D eigenvalue weighted by atomic mass is 10.3. The van der Waals surface area contributed by atoms with Gasteiger partial charge in [0.15, 0.2) is 0 Å². The Morgan fingerprint density at radius 3 is 2.62 bits per heavy atom. The molecule has 2 N–H and O–H groups in total. The highest BCUT2D eigenvalue weighted by molar-refractivity contribution is 5.91. The Morgan fingerprint density at radius 1 is 1.24 bits per heavy atom. The normalized spacial score (nSPS) is 10.7. The Hall–Kier alpha value is -2.89. The number of carbonyl (C=O) groups is 2. The predicted octanol–water partition coefficient (Wildman–Crippen LogP) is 2.36. The van der Waals surface area contributed by atoms with Crippen molar-refractivity contribution in [2.24, 2.45) is 0 Å². The Labute approximate surface area is 120 Å². The van der Waals surface area contributed by atoms with Crippen LogP contribution in [-0.4, -0.2) is 21.6 Å². The van der Waals surface area contributed by atoms with E-state index in [1.54, 1.807) is 22.9 Å². The number of carboxylic acids is 1. The van der Waals surface area contributed by atoms with Gasteiger partial charge in [-0.15, -0.1) is 0 Å². The summed E-state index contributed by atoms with van der Waals surface area (Å²) in [6.07, 6.45) is 4.09. The van der Waals surface area contributed by atoms with Crippen LogP contribution < -0.4 is 5.32 Å². The third-order valence-corrected chi connectivity index (χ3v) is 2.70. The van der Waals surface area contributed by atoms with E-state index in [0.717, 1.165) is 6.08 Å². The van der Waals surface area contributed by atoms with Gasteiger partial charge in [-0.05, 0) is 42.5 Å². The first-order valence-electron chi connectivity index (χ1n) is 6.16. The number of anilines is 1. The zero-order valence-electron chi connectivity index (χ0n) is 11.0. The molecule has 0 saturated heterocycles. The largest absolute Gasteiger partial charge is 0.478 e. The van der Waals surface area contributed by atoms with E-state index in [2.05, 4.69) is 5.32 Å². The zero-order valence-corrected chi connectivity index (χ0v) is 11.0. The lowest BCUT2D eigenvalue weighted by Crippen LogP contribution is -2.18. The van der Waals surface area contributed by atoms with Crippen LogP contribution in [0.4, 0.5) is 10.1 Å². The Balaban J connectivity index is 2.01. The molecule has 0 radical (unpaired) electrons. The molecule has 0 aliphatic rings. The van der Waals surface area contributed by atoms with Crippen LogP contribution in [0.3, 0.4) is 0 Å². The van der Waals surface area contributed by atoms with Crippen molar-refractivity contribution in [3.05, 3.63) is 60.2 Å². The number of nitrogens with zero attached hydrogens (tertiary/aromatic N) is 1. The molecule has 2 rings (SSSR count). The Morgan fingerprint density at radius 2 is 1.95 bits per heavy atom. The smallest absolute Gasteiger partial charge is 0.328 e. The van der Waals surface area contributed by atoms with Crippen LogP contribution in [0.5, 0.6) is 0 Å². The molecule has 0 unspecified atom stereocenters. The van der Waals surface area contributed by atoms with Gasteiger partial charge in [-0.25, -0.2) is 9.18 Å². The Kier molecular flexibility index (Phi) is 4.50. The quantitative estimate of drug-likeness (QED) is 0.830. The number of aliphatic carboxylic acids is 1. The molecule has 0 aliphatic heterocycles. The molecule has 21 heavy (non-hydrogen) atoms. The van der Waals surface area contributed by atoms with E-state index < -0.39 is 5.97 Å². The molecular weight excluding hydrogens is 275 g/mol. The van der Waals surface area contributed by atoms with Gasteiger partial charge in [0.2, 0.25) is 5.91 Å². The van der Waals surface area contributed by atoms with E-state index in [4.69, 9.17) is 5.11 Å². The molecule has 1 aromatic heterocycles. The second-order valence-corrected chi connectivity index (χ2v) is 4.29. The van der Waals surface area contributed by atoms with Crippen molar-refractivity contribution in [1.29, 1.82) is 0 Å². The highest BCUT2D eigenvalue weighted by Crippen LogP contribution is 2.09. The number of amides is 1. The summed E-state index contributed by atoms with van der Waals surface area (Å²) in [6.45, 7) is 0.0314. The van der Waals surface area contributed by atoms with Gasteiger partial charge in [0.1, 0.15) is 12.4 Å². The van der Waals surface area contributed by atoms with Gasteiger partial charge in [-0.1, -0.05) is 0 Å². The second kappa shape index (κ2) is 6.51. The number of carbonyl (C=O) groups excluding carboxylic acids is 1. The molecule has 1 aromatic carbocycles. The summed E-state index contributed by atoms with van der Waals surface area (Å²) in [7, 11) is 0. The van der Waals surface area contributed by atoms with Crippen molar-refractivity contribution in [2.45, 2.75) is 6.54 Å². The molecule has 0 aliphatic carbocycles. The average molecular weight is 288 g/mol.